The molecular formula is C57H43N3. The van der Waals surface area contributed by atoms with Crippen molar-refractivity contribution < 1.29 is 0 Å². The zero-order valence-corrected chi connectivity index (χ0v) is 33.5. The van der Waals surface area contributed by atoms with Crippen LogP contribution in [0.1, 0.15) is 46.3 Å². The normalized spacial score (nSPS) is 13.3. The smallest absolute Gasteiger partial charge is 0.155 e. The van der Waals surface area contributed by atoms with E-state index in [1.807, 2.05) is 42.5 Å². The van der Waals surface area contributed by atoms with E-state index >= 15 is 0 Å². The average molecular weight is 770 g/mol. The quantitative estimate of drug-likeness (QED) is 0.0837. The van der Waals surface area contributed by atoms with Crippen LogP contribution in [0.15, 0.2) is 223 Å². The van der Waals surface area contributed by atoms with Crippen LogP contribution < -0.4 is 0 Å². The highest BCUT2D eigenvalue weighted by molar-refractivity contribution is 6.12. The molecule has 1 unspecified atom stereocenters. The van der Waals surface area contributed by atoms with Crippen molar-refractivity contribution >= 4 is 45.0 Å². The van der Waals surface area contributed by atoms with E-state index in [9.17, 15) is 0 Å². The Morgan fingerprint density at radius 2 is 1.22 bits per heavy atom. The van der Waals surface area contributed by atoms with Crippen LogP contribution in [0.2, 0.25) is 0 Å². The summed E-state index contributed by atoms with van der Waals surface area (Å²) in [6.07, 6.45) is 5.15. The number of fused-ring (bicyclic) bond motifs is 6. The van der Waals surface area contributed by atoms with Crippen molar-refractivity contribution in [2.75, 3.05) is 0 Å². The molecule has 0 saturated heterocycles. The number of aromatic nitrogens is 1. The minimum absolute atomic E-state index is 0.213. The van der Waals surface area contributed by atoms with Gasteiger partial charge in [0.1, 0.15) is 0 Å². The standard InChI is InChI=1S/C57H43N3/c1-3-54(42-19-9-5-10-20-42)59-57(43-21-11-6-12-22-43)58-39(2)40-29-32-49(33-30-40)60-55-26-16-15-25-51(55)53-38-45(31-34-56(53)60)44-27-28-47-36-48(41-17-7-4-8-18-41)35-46-23-13-14-24-50(46)52(47)37-44/h3-34,36-38,54H,1,35H2,2H3. The van der Waals surface area contributed by atoms with E-state index in [1.54, 1.807) is 0 Å². The van der Waals surface area contributed by atoms with Gasteiger partial charge in [-0.05, 0) is 105 Å². The fraction of sp³-hybridized carbons (Fsp3) is 0.0526. The van der Waals surface area contributed by atoms with Gasteiger partial charge in [-0.15, -0.1) is 6.58 Å². The number of hydrogen-bond donors (Lipinski definition) is 0. The van der Waals surface area contributed by atoms with Gasteiger partial charge < -0.3 is 4.57 Å². The van der Waals surface area contributed by atoms with Gasteiger partial charge in [-0.1, -0.05) is 176 Å². The third-order valence-electron chi connectivity index (χ3n) is 11.7. The number of hydrogen-bond acceptors (Lipinski definition) is 1. The highest BCUT2D eigenvalue weighted by Gasteiger charge is 2.19. The van der Waals surface area contributed by atoms with Gasteiger partial charge in [-0.3, -0.25) is 4.99 Å². The molecule has 286 valence electrons. The molecule has 1 aromatic heterocycles. The number of nitrogens with zero attached hydrogens (tertiary/aromatic N) is 3. The molecule has 0 fully saturated rings. The highest BCUT2D eigenvalue weighted by atomic mass is 15.0. The van der Waals surface area contributed by atoms with Crippen molar-refractivity contribution in [2.24, 2.45) is 9.98 Å². The summed E-state index contributed by atoms with van der Waals surface area (Å²) in [5, 5.41) is 2.45. The van der Waals surface area contributed by atoms with Crippen LogP contribution in [-0.2, 0) is 6.42 Å². The van der Waals surface area contributed by atoms with E-state index < -0.39 is 0 Å². The Balaban J connectivity index is 1.01. The maximum absolute atomic E-state index is 5.13. The van der Waals surface area contributed by atoms with Crippen molar-refractivity contribution in [3.63, 3.8) is 0 Å². The van der Waals surface area contributed by atoms with E-state index in [-0.39, 0.29) is 6.04 Å². The van der Waals surface area contributed by atoms with Gasteiger partial charge in [0.25, 0.3) is 0 Å². The van der Waals surface area contributed by atoms with Crippen LogP contribution in [0.5, 0.6) is 0 Å². The minimum atomic E-state index is -0.213. The first-order valence-corrected chi connectivity index (χ1v) is 20.6. The van der Waals surface area contributed by atoms with Gasteiger partial charge in [0, 0.05) is 27.7 Å². The predicted octanol–water partition coefficient (Wildman–Crippen LogP) is 14.4. The summed E-state index contributed by atoms with van der Waals surface area (Å²) in [7, 11) is 0. The first-order valence-electron chi connectivity index (χ1n) is 20.6. The molecule has 0 saturated carbocycles. The van der Waals surface area contributed by atoms with Crippen molar-refractivity contribution in [1.82, 2.24) is 4.57 Å². The second-order valence-electron chi connectivity index (χ2n) is 15.4. The van der Waals surface area contributed by atoms with E-state index in [0.717, 1.165) is 34.5 Å². The molecule has 0 radical (unpaired) electrons. The maximum Gasteiger partial charge on any atom is 0.155 e. The van der Waals surface area contributed by atoms with Crippen LogP contribution >= 0.6 is 0 Å². The number of benzene rings is 8. The monoisotopic (exact) mass is 769 g/mol. The highest BCUT2D eigenvalue weighted by Crippen LogP contribution is 2.40. The first kappa shape index (κ1) is 36.7. The largest absolute Gasteiger partial charge is 0.309 e. The Labute approximate surface area is 351 Å². The molecule has 1 aliphatic carbocycles. The van der Waals surface area contributed by atoms with E-state index in [4.69, 9.17) is 9.98 Å². The lowest BCUT2D eigenvalue weighted by molar-refractivity contribution is 0.912. The van der Waals surface area contributed by atoms with Gasteiger partial charge in [0.2, 0.25) is 0 Å². The Hall–Kier alpha value is -7.62. The van der Waals surface area contributed by atoms with Gasteiger partial charge in [0.15, 0.2) is 5.84 Å². The Morgan fingerprint density at radius 1 is 0.567 bits per heavy atom. The molecule has 8 aromatic carbocycles. The molecule has 1 heterocycles. The molecule has 9 aromatic rings. The molecule has 3 nitrogen and oxygen atoms in total. The fourth-order valence-electron chi connectivity index (χ4n) is 8.62. The fourth-order valence-corrected chi connectivity index (χ4v) is 8.62. The summed E-state index contributed by atoms with van der Waals surface area (Å²) in [5.41, 5.74) is 17.6. The molecule has 60 heavy (non-hydrogen) atoms. The van der Waals surface area contributed by atoms with E-state index in [0.29, 0.717) is 5.84 Å². The zero-order chi connectivity index (χ0) is 40.4. The average Bonchev–Trinajstić information content (AvgIpc) is 3.54. The first-order chi connectivity index (χ1) is 29.6. The number of para-hydroxylation sites is 1. The lowest BCUT2D eigenvalue weighted by atomic mass is 9.92. The van der Waals surface area contributed by atoms with Gasteiger partial charge in [-0.25, -0.2) is 4.99 Å². The Kier molecular flexibility index (Phi) is 9.77. The number of allylic oxidation sites excluding steroid dienone is 1. The third kappa shape index (κ3) is 7.01. The second-order valence-corrected chi connectivity index (χ2v) is 15.4. The molecule has 1 atom stereocenters. The Bertz CT molecular complexity index is 3110. The van der Waals surface area contributed by atoms with Gasteiger partial charge in [0.05, 0.1) is 17.1 Å². The lowest BCUT2D eigenvalue weighted by Crippen LogP contribution is -2.06. The maximum atomic E-state index is 5.13. The van der Waals surface area contributed by atoms with Crippen LogP contribution in [0, 0.1) is 0 Å². The molecule has 10 rings (SSSR count). The molecule has 0 bridgehead atoms. The van der Waals surface area contributed by atoms with Gasteiger partial charge >= 0.3 is 0 Å². The van der Waals surface area contributed by atoms with Crippen molar-refractivity contribution in [3.05, 3.63) is 246 Å². The molecule has 0 amide bonds. The number of rotatable bonds is 8. The third-order valence-corrected chi connectivity index (χ3v) is 11.7. The Morgan fingerprint density at radius 3 is 2.00 bits per heavy atom. The summed E-state index contributed by atoms with van der Waals surface area (Å²) < 4.78 is 2.37. The SMILES string of the molecule is C=CC(N=C(N=C(C)c1ccc(-n2c3ccccc3c3cc(-c4ccc5c(c4)-c4ccccc4CC(c4ccccc4)=C5)ccc32)cc1)c1ccccc1)c1ccccc1. The van der Waals surface area contributed by atoms with Crippen molar-refractivity contribution in [2.45, 2.75) is 19.4 Å². The molecule has 0 N–H and O–H groups in total. The minimum Gasteiger partial charge on any atom is -0.309 e. The van der Waals surface area contributed by atoms with Crippen LogP contribution in [0.3, 0.4) is 0 Å². The second kappa shape index (κ2) is 16.0. The van der Waals surface area contributed by atoms with Crippen LogP contribution in [-0.4, -0.2) is 16.1 Å². The summed E-state index contributed by atoms with van der Waals surface area (Å²) in [4.78, 5) is 10.2. The van der Waals surface area contributed by atoms with Crippen LogP contribution in [0.4, 0.5) is 0 Å². The predicted molar refractivity (Wildman–Crippen MR) is 254 cm³/mol. The molecule has 0 spiro atoms. The summed E-state index contributed by atoms with van der Waals surface area (Å²) in [5.74, 6) is 0.677. The zero-order valence-electron chi connectivity index (χ0n) is 33.5. The summed E-state index contributed by atoms with van der Waals surface area (Å²) >= 11 is 0. The van der Waals surface area contributed by atoms with E-state index in [2.05, 4.69) is 188 Å². The number of amidine groups is 1. The van der Waals surface area contributed by atoms with Crippen LogP contribution in [0.25, 0.3) is 61.4 Å². The molecule has 1 aliphatic rings. The summed E-state index contributed by atoms with van der Waals surface area (Å²) in [6.45, 7) is 6.15. The van der Waals surface area contributed by atoms with Crippen molar-refractivity contribution in [1.29, 1.82) is 0 Å². The topological polar surface area (TPSA) is 29.6 Å². The van der Waals surface area contributed by atoms with Gasteiger partial charge in [-0.2, -0.15) is 0 Å². The molecular weight excluding hydrogens is 727 g/mol. The van der Waals surface area contributed by atoms with E-state index in [1.165, 1.54) is 66.3 Å². The number of aliphatic imine (C=N–C) groups is 2. The van der Waals surface area contributed by atoms with Crippen molar-refractivity contribution in [3.8, 4) is 27.9 Å². The lowest BCUT2D eigenvalue weighted by Gasteiger charge is -2.13. The summed E-state index contributed by atoms with van der Waals surface area (Å²) in [6, 6.07) is 71.2. The molecule has 3 heteroatoms. The molecule has 0 aliphatic heterocycles.